The van der Waals surface area contributed by atoms with E-state index in [0.29, 0.717) is 37.4 Å². The molecular formula is C23H19ClN8O3. The predicted octanol–water partition coefficient (Wildman–Crippen LogP) is 4.01. The Kier molecular flexibility index (Phi) is 6.31. The summed E-state index contributed by atoms with van der Waals surface area (Å²) >= 11 is 6.05. The van der Waals surface area contributed by atoms with Crippen molar-refractivity contribution in [3.8, 4) is 22.9 Å². The van der Waals surface area contributed by atoms with E-state index in [1.807, 2.05) is 53.4 Å². The molecule has 1 aliphatic rings. The van der Waals surface area contributed by atoms with Crippen LogP contribution in [-0.4, -0.2) is 56.3 Å². The van der Waals surface area contributed by atoms with E-state index in [1.54, 1.807) is 6.20 Å². The molecule has 1 aliphatic heterocycles. The fraction of sp³-hybridized carbons (Fsp3) is 0.174. The summed E-state index contributed by atoms with van der Waals surface area (Å²) in [7, 11) is 0. The standard InChI is InChI=1S/C23H19ClN8O3/c24-18-14-17(20(29-28-18)16-6-2-1-3-7-16)35-23-21(32(33)34)22(26-15-27-23)31-12-10-30(11-13-31)19-8-4-5-9-25-19/h1-9,14-15H,10-13H2. The van der Waals surface area contributed by atoms with Gasteiger partial charge in [-0.15, -0.1) is 10.2 Å². The summed E-state index contributed by atoms with van der Waals surface area (Å²) < 4.78 is 5.93. The minimum absolute atomic E-state index is 0.0854. The molecule has 1 fully saturated rings. The number of piperazine rings is 1. The van der Waals surface area contributed by atoms with Gasteiger partial charge in [-0.05, 0) is 12.1 Å². The third kappa shape index (κ3) is 4.80. The van der Waals surface area contributed by atoms with Gasteiger partial charge in [0, 0.05) is 44.0 Å². The summed E-state index contributed by atoms with van der Waals surface area (Å²) in [5, 5.41) is 20.2. The second kappa shape index (κ2) is 9.85. The summed E-state index contributed by atoms with van der Waals surface area (Å²) in [4.78, 5) is 28.2. The van der Waals surface area contributed by atoms with E-state index in [9.17, 15) is 10.1 Å². The smallest absolute Gasteiger partial charge is 0.373 e. The van der Waals surface area contributed by atoms with Gasteiger partial charge in [0.15, 0.2) is 10.9 Å². The molecule has 4 heterocycles. The quantitative estimate of drug-likeness (QED) is 0.289. The monoisotopic (exact) mass is 490 g/mol. The van der Waals surface area contributed by atoms with Crippen LogP contribution in [0.3, 0.4) is 0 Å². The molecule has 3 aromatic heterocycles. The van der Waals surface area contributed by atoms with Gasteiger partial charge in [-0.2, -0.15) is 4.98 Å². The summed E-state index contributed by atoms with van der Waals surface area (Å²) in [6, 6.07) is 16.4. The average molecular weight is 491 g/mol. The molecule has 0 bridgehead atoms. The lowest BCUT2D eigenvalue weighted by atomic mass is 10.1. The molecule has 12 heteroatoms. The fourth-order valence-electron chi connectivity index (χ4n) is 3.84. The predicted molar refractivity (Wildman–Crippen MR) is 130 cm³/mol. The van der Waals surface area contributed by atoms with Crippen molar-refractivity contribution in [3.05, 3.63) is 82.4 Å². The zero-order chi connectivity index (χ0) is 24.2. The molecule has 0 spiro atoms. The Morgan fingerprint density at radius 3 is 2.37 bits per heavy atom. The molecule has 5 rings (SSSR count). The topological polar surface area (TPSA) is 123 Å². The van der Waals surface area contributed by atoms with E-state index in [1.165, 1.54) is 12.4 Å². The SMILES string of the molecule is O=[N+]([O-])c1c(Oc2cc(Cl)nnc2-c2ccccc2)ncnc1N1CCN(c2ccccn2)CC1. The Morgan fingerprint density at radius 2 is 1.66 bits per heavy atom. The number of aromatic nitrogens is 5. The van der Waals surface area contributed by atoms with Gasteiger partial charge in [-0.3, -0.25) is 10.1 Å². The maximum Gasteiger partial charge on any atom is 0.373 e. The minimum Gasteiger partial charge on any atom is -0.431 e. The van der Waals surface area contributed by atoms with Crippen molar-refractivity contribution in [3.63, 3.8) is 0 Å². The van der Waals surface area contributed by atoms with Crippen LogP contribution in [0.2, 0.25) is 5.15 Å². The first-order chi connectivity index (χ1) is 17.1. The first-order valence-corrected chi connectivity index (χ1v) is 11.1. The van der Waals surface area contributed by atoms with Crippen LogP contribution < -0.4 is 14.5 Å². The Bertz CT molecular complexity index is 1340. The molecule has 176 valence electrons. The van der Waals surface area contributed by atoms with E-state index < -0.39 is 4.92 Å². The van der Waals surface area contributed by atoms with Crippen LogP contribution in [0.15, 0.2) is 67.1 Å². The molecule has 1 aromatic carbocycles. The first-order valence-electron chi connectivity index (χ1n) is 10.8. The molecule has 0 saturated carbocycles. The normalized spacial score (nSPS) is 13.5. The highest BCUT2D eigenvalue weighted by atomic mass is 35.5. The van der Waals surface area contributed by atoms with E-state index in [2.05, 4.69) is 30.0 Å². The van der Waals surface area contributed by atoms with Crippen molar-refractivity contribution in [2.45, 2.75) is 0 Å². The van der Waals surface area contributed by atoms with Crippen molar-refractivity contribution < 1.29 is 9.66 Å². The molecule has 0 unspecified atom stereocenters. The molecule has 1 saturated heterocycles. The number of rotatable bonds is 6. The van der Waals surface area contributed by atoms with Crippen LogP contribution in [0.25, 0.3) is 11.3 Å². The van der Waals surface area contributed by atoms with Crippen molar-refractivity contribution in [2.75, 3.05) is 36.0 Å². The van der Waals surface area contributed by atoms with Gasteiger partial charge < -0.3 is 14.5 Å². The number of benzene rings is 1. The largest absolute Gasteiger partial charge is 0.431 e. The lowest BCUT2D eigenvalue weighted by Gasteiger charge is -2.35. The number of nitro groups is 1. The van der Waals surface area contributed by atoms with Crippen LogP contribution in [0.4, 0.5) is 17.3 Å². The third-order valence-corrected chi connectivity index (χ3v) is 5.67. The highest BCUT2D eigenvalue weighted by Crippen LogP contribution is 2.39. The molecule has 35 heavy (non-hydrogen) atoms. The maximum atomic E-state index is 12.1. The summed E-state index contributed by atoms with van der Waals surface area (Å²) in [6.07, 6.45) is 2.99. The highest BCUT2D eigenvalue weighted by molar-refractivity contribution is 6.29. The van der Waals surface area contributed by atoms with Gasteiger partial charge >= 0.3 is 11.6 Å². The highest BCUT2D eigenvalue weighted by Gasteiger charge is 2.31. The van der Waals surface area contributed by atoms with Crippen LogP contribution in [0, 0.1) is 10.1 Å². The maximum absolute atomic E-state index is 12.1. The van der Waals surface area contributed by atoms with Crippen LogP contribution >= 0.6 is 11.6 Å². The van der Waals surface area contributed by atoms with Crippen LogP contribution in [0.5, 0.6) is 11.6 Å². The molecule has 11 nitrogen and oxygen atoms in total. The zero-order valence-corrected chi connectivity index (χ0v) is 19.1. The van der Waals surface area contributed by atoms with Crippen molar-refractivity contribution in [1.82, 2.24) is 25.1 Å². The van der Waals surface area contributed by atoms with Gasteiger partial charge in [0.05, 0.1) is 4.92 Å². The third-order valence-electron chi connectivity index (χ3n) is 5.49. The van der Waals surface area contributed by atoms with E-state index in [-0.39, 0.29) is 28.3 Å². The molecule has 0 atom stereocenters. The number of hydrogen-bond donors (Lipinski definition) is 0. The van der Waals surface area contributed by atoms with E-state index in [4.69, 9.17) is 16.3 Å². The Labute approximate surface area is 205 Å². The molecule has 0 N–H and O–H groups in total. The summed E-state index contributed by atoms with van der Waals surface area (Å²) in [5.41, 5.74) is 0.772. The summed E-state index contributed by atoms with van der Waals surface area (Å²) in [6.45, 7) is 2.31. The Morgan fingerprint density at radius 1 is 0.914 bits per heavy atom. The van der Waals surface area contributed by atoms with E-state index in [0.717, 1.165) is 5.82 Å². The number of ether oxygens (including phenoxy) is 1. The number of nitrogens with zero attached hydrogens (tertiary/aromatic N) is 8. The molecule has 0 aliphatic carbocycles. The molecular weight excluding hydrogens is 472 g/mol. The number of hydrogen-bond acceptors (Lipinski definition) is 10. The molecule has 0 radical (unpaired) electrons. The van der Waals surface area contributed by atoms with Crippen molar-refractivity contribution >= 4 is 28.9 Å². The average Bonchev–Trinajstić information content (AvgIpc) is 2.90. The van der Waals surface area contributed by atoms with Gasteiger partial charge in [0.25, 0.3) is 0 Å². The Hall–Kier alpha value is -4.38. The second-order valence-electron chi connectivity index (χ2n) is 7.62. The van der Waals surface area contributed by atoms with Crippen molar-refractivity contribution in [1.29, 1.82) is 0 Å². The summed E-state index contributed by atoms with van der Waals surface area (Å²) in [5.74, 6) is 1.05. The number of pyridine rings is 1. The number of halogens is 1. The molecule has 4 aromatic rings. The lowest BCUT2D eigenvalue weighted by molar-refractivity contribution is -0.385. The van der Waals surface area contributed by atoms with Crippen LogP contribution in [0.1, 0.15) is 0 Å². The lowest BCUT2D eigenvalue weighted by Crippen LogP contribution is -2.47. The molecule has 0 amide bonds. The fourth-order valence-corrected chi connectivity index (χ4v) is 3.98. The van der Waals surface area contributed by atoms with Gasteiger partial charge in [-0.25, -0.2) is 9.97 Å². The zero-order valence-electron chi connectivity index (χ0n) is 18.4. The van der Waals surface area contributed by atoms with E-state index >= 15 is 0 Å². The van der Waals surface area contributed by atoms with Gasteiger partial charge in [-0.1, -0.05) is 48.0 Å². The van der Waals surface area contributed by atoms with Crippen molar-refractivity contribution in [2.24, 2.45) is 0 Å². The van der Waals surface area contributed by atoms with Crippen LogP contribution in [-0.2, 0) is 0 Å². The first kappa shape index (κ1) is 22.4. The van der Waals surface area contributed by atoms with Gasteiger partial charge in [0.2, 0.25) is 5.82 Å². The second-order valence-corrected chi connectivity index (χ2v) is 8.01. The Balaban J connectivity index is 1.45. The number of anilines is 2. The minimum atomic E-state index is -0.534. The van der Waals surface area contributed by atoms with Gasteiger partial charge in [0.1, 0.15) is 17.8 Å².